The Morgan fingerprint density at radius 2 is 1.00 bits per heavy atom. The molecule has 51 heavy (non-hydrogen) atoms. The Labute approximate surface area is 294 Å². The highest BCUT2D eigenvalue weighted by Gasteiger charge is 2.21. The number of fused-ring (bicyclic) bond motifs is 6. The molecule has 4 heteroatoms. The normalized spacial score (nSPS) is 11.5. The van der Waals surface area contributed by atoms with Gasteiger partial charge in [0.05, 0.1) is 22.2 Å². The third kappa shape index (κ3) is 4.88. The van der Waals surface area contributed by atoms with Crippen molar-refractivity contribution in [2.24, 2.45) is 0 Å². The summed E-state index contributed by atoms with van der Waals surface area (Å²) in [7, 11) is 0. The zero-order chi connectivity index (χ0) is 33.7. The Balaban J connectivity index is 1.17. The van der Waals surface area contributed by atoms with Crippen molar-refractivity contribution in [1.29, 1.82) is 0 Å². The van der Waals surface area contributed by atoms with Gasteiger partial charge in [-0.3, -0.25) is 9.97 Å². The summed E-state index contributed by atoms with van der Waals surface area (Å²) in [6.07, 6.45) is 3.68. The average Bonchev–Trinajstić information content (AvgIpc) is 3.62. The van der Waals surface area contributed by atoms with Gasteiger partial charge in [0.25, 0.3) is 0 Å². The third-order valence-electron chi connectivity index (χ3n) is 9.88. The fourth-order valence-corrected chi connectivity index (χ4v) is 7.48. The van der Waals surface area contributed by atoms with E-state index in [0.29, 0.717) is 0 Å². The summed E-state index contributed by atoms with van der Waals surface area (Å²) in [5.41, 5.74) is 13.0. The standard InChI is InChI=1S/C47H30N4/c1-4-12-32(13-5-1)42-30-37-28-35(31-20-22-33(23-21-31)41-29-36-16-10-26-48-45(36)46-40(41)19-11-27-49-46)24-25-39(37)47-43(42)44(34-14-6-2-7-15-34)50-51(47)38-17-8-3-9-18-38/h1-30H. The number of para-hydroxylation sites is 1. The van der Waals surface area contributed by atoms with Crippen LogP contribution in [0, 0.1) is 0 Å². The van der Waals surface area contributed by atoms with Gasteiger partial charge < -0.3 is 0 Å². The monoisotopic (exact) mass is 650 g/mol. The molecule has 0 aliphatic carbocycles. The number of nitrogens with zero attached hydrogens (tertiary/aromatic N) is 4. The molecule has 0 N–H and O–H groups in total. The summed E-state index contributed by atoms with van der Waals surface area (Å²) in [6.45, 7) is 0. The summed E-state index contributed by atoms with van der Waals surface area (Å²) < 4.78 is 2.12. The average molecular weight is 651 g/mol. The van der Waals surface area contributed by atoms with Gasteiger partial charge >= 0.3 is 0 Å². The zero-order valence-electron chi connectivity index (χ0n) is 27.6. The molecule has 0 aliphatic rings. The lowest BCUT2D eigenvalue weighted by Gasteiger charge is -2.13. The van der Waals surface area contributed by atoms with E-state index in [4.69, 9.17) is 10.1 Å². The Kier molecular flexibility index (Phi) is 6.78. The van der Waals surface area contributed by atoms with Crippen LogP contribution in [-0.2, 0) is 0 Å². The zero-order valence-corrected chi connectivity index (χ0v) is 27.6. The SMILES string of the molecule is c1ccc(-c2cc3cc(-c4ccc(-c5cc6cccnc6c6ncccc56)cc4)ccc3c3c2c(-c2ccccc2)nn3-c2ccccc2)cc1. The lowest BCUT2D eigenvalue weighted by molar-refractivity contribution is 0.918. The minimum absolute atomic E-state index is 0.926. The maximum absolute atomic E-state index is 5.33. The van der Waals surface area contributed by atoms with Gasteiger partial charge in [0, 0.05) is 39.5 Å². The number of hydrogen-bond acceptors (Lipinski definition) is 3. The second kappa shape index (κ2) is 11.9. The second-order valence-electron chi connectivity index (χ2n) is 12.9. The van der Waals surface area contributed by atoms with E-state index >= 15 is 0 Å². The predicted octanol–water partition coefficient (Wildman–Crippen LogP) is 11.9. The van der Waals surface area contributed by atoms with Gasteiger partial charge in [0.1, 0.15) is 5.69 Å². The van der Waals surface area contributed by atoms with E-state index in [1.54, 1.807) is 0 Å². The van der Waals surface area contributed by atoms with Gasteiger partial charge in [-0.1, -0.05) is 127 Å². The number of rotatable bonds is 5. The molecule has 0 saturated heterocycles. The lowest BCUT2D eigenvalue weighted by atomic mass is 9.91. The number of pyridine rings is 2. The van der Waals surface area contributed by atoms with Crippen molar-refractivity contribution in [3.63, 3.8) is 0 Å². The summed E-state index contributed by atoms with van der Waals surface area (Å²) in [5, 5.41) is 11.0. The van der Waals surface area contributed by atoms with Crippen molar-refractivity contribution >= 4 is 43.5 Å². The summed E-state index contributed by atoms with van der Waals surface area (Å²) in [4.78, 5) is 9.35. The van der Waals surface area contributed by atoms with Crippen LogP contribution in [0.15, 0.2) is 182 Å². The Hall–Kier alpha value is -6.91. The molecule has 0 bridgehead atoms. The molecule has 0 spiro atoms. The molecule has 0 atom stereocenters. The first-order chi connectivity index (χ1) is 25.3. The molecule has 3 aromatic heterocycles. The lowest BCUT2D eigenvalue weighted by Crippen LogP contribution is -1.97. The molecule has 0 saturated carbocycles. The van der Waals surface area contributed by atoms with E-state index < -0.39 is 0 Å². The number of hydrogen-bond donors (Lipinski definition) is 0. The highest BCUT2D eigenvalue weighted by Crippen LogP contribution is 2.43. The molecular formula is C47H30N4. The molecule has 10 aromatic rings. The van der Waals surface area contributed by atoms with E-state index in [-0.39, 0.29) is 0 Å². The molecule has 0 aliphatic heterocycles. The molecule has 0 fully saturated rings. The molecule has 0 unspecified atom stereocenters. The van der Waals surface area contributed by atoms with E-state index in [1.807, 2.05) is 24.5 Å². The largest absolute Gasteiger partial charge is 0.254 e. The van der Waals surface area contributed by atoms with Crippen LogP contribution in [0.1, 0.15) is 0 Å². The first kappa shape index (κ1) is 29.0. The van der Waals surface area contributed by atoms with Gasteiger partial charge in [-0.15, -0.1) is 0 Å². The van der Waals surface area contributed by atoms with Crippen LogP contribution in [0.3, 0.4) is 0 Å². The van der Waals surface area contributed by atoms with Crippen LogP contribution < -0.4 is 0 Å². The van der Waals surface area contributed by atoms with Crippen molar-refractivity contribution in [3.05, 3.63) is 182 Å². The van der Waals surface area contributed by atoms with Gasteiger partial charge in [-0.05, 0) is 81.2 Å². The van der Waals surface area contributed by atoms with Crippen LogP contribution >= 0.6 is 0 Å². The van der Waals surface area contributed by atoms with Crippen molar-refractivity contribution in [2.45, 2.75) is 0 Å². The summed E-state index contributed by atoms with van der Waals surface area (Å²) in [6, 6.07) is 60.2. The van der Waals surface area contributed by atoms with Crippen LogP contribution in [0.5, 0.6) is 0 Å². The molecule has 0 amide bonds. The van der Waals surface area contributed by atoms with E-state index in [9.17, 15) is 0 Å². The Bertz CT molecular complexity index is 2880. The Morgan fingerprint density at radius 3 is 1.76 bits per heavy atom. The Morgan fingerprint density at radius 1 is 0.392 bits per heavy atom. The molecule has 10 rings (SSSR count). The quantitative estimate of drug-likeness (QED) is 0.174. The van der Waals surface area contributed by atoms with Crippen molar-refractivity contribution in [2.75, 3.05) is 0 Å². The molecule has 238 valence electrons. The van der Waals surface area contributed by atoms with Gasteiger partial charge in [-0.25, -0.2) is 4.68 Å². The van der Waals surface area contributed by atoms with Gasteiger partial charge in [-0.2, -0.15) is 5.10 Å². The van der Waals surface area contributed by atoms with Crippen molar-refractivity contribution < 1.29 is 0 Å². The highest BCUT2D eigenvalue weighted by atomic mass is 15.3. The molecule has 0 radical (unpaired) electrons. The van der Waals surface area contributed by atoms with Gasteiger partial charge in [0.2, 0.25) is 0 Å². The minimum Gasteiger partial charge on any atom is -0.254 e. The number of aromatic nitrogens is 4. The van der Waals surface area contributed by atoms with Crippen molar-refractivity contribution in [3.8, 4) is 50.3 Å². The molecule has 3 heterocycles. The van der Waals surface area contributed by atoms with Crippen LogP contribution in [-0.4, -0.2) is 19.7 Å². The molecule has 7 aromatic carbocycles. The van der Waals surface area contributed by atoms with E-state index in [2.05, 4.69) is 167 Å². The minimum atomic E-state index is 0.926. The fraction of sp³-hybridized carbons (Fsp3) is 0. The van der Waals surface area contributed by atoms with Crippen molar-refractivity contribution in [1.82, 2.24) is 19.7 Å². The molecular weight excluding hydrogens is 621 g/mol. The topological polar surface area (TPSA) is 43.6 Å². The van der Waals surface area contributed by atoms with E-state index in [1.165, 1.54) is 5.39 Å². The van der Waals surface area contributed by atoms with Gasteiger partial charge in [0.15, 0.2) is 0 Å². The van der Waals surface area contributed by atoms with E-state index in [0.717, 1.165) is 88.4 Å². The number of benzene rings is 7. The van der Waals surface area contributed by atoms with Crippen LogP contribution in [0.25, 0.3) is 93.8 Å². The second-order valence-corrected chi connectivity index (χ2v) is 12.9. The highest BCUT2D eigenvalue weighted by molar-refractivity contribution is 6.18. The first-order valence-electron chi connectivity index (χ1n) is 17.2. The smallest absolute Gasteiger partial charge is 0.101 e. The van der Waals surface area contributed by atoms with Crippen LogP contribution in [0.2, 0.25) is 0 Å². The fourth-order valence-electron chi connectivity index (χ4n) is 7.48. The maximum atomic E-state index is 5.33. The molecule has 4 nitrogen and oxygen atoms in total. The third-order valence-corrected chi connectivity index (χ3v) is 9.88. The maximum Gasteiger partial charge on any atom is 0.101 e. The predicted molar refractivity (Wildman–Crippen MR) is 211 cm³/mol. The summed E-state index contributed by atoms with van der Waals surface area (Å²) in [5.74, 6) is 0. The first-order valence-corrected chi connectivity index (χ1v) is 17.2. The summed E-state index contributed by atoms with van der Waals surface area (Å²) >= 11 is 0. The van der Waals surface area contributed by atoms with Crippen LogP contribution in [0.4, 0.5) is 0 Å².